The molecule has 33 heavy (non-hydrogen) atoms. The molecule has 0 fully saturated rings. The van der Waals surface area contributed by atoms with Gasteiger partial charge in [-0.1, -0.05) is 48.0 Å². The number of anilines is 1. The minimum absolute atomic E-state index is 0.108. The molecule has 0 bridgehead atoms. The van der Waals surface area contributed by atoms with Crippen LogP contribution in [0.5, 0.6) is 5.75 Å². The lowest BCUT2D eigenvalue weighted by Gasteiger charge is -2.08. The maximum absolute atomic E-state index is 13.1. The fraction of sp³-hybridized carbons (Fsp3) is 0.120. The number of benzene rings is 2. The molecular formula is C25H21ClFN3O3. The van der Waals surface area contributed by atoms with Gasteiger partial charge in [0.15, 0.2) is 11.6 Å². The number of rotatable bonds is 9. The van der Waals surface area contributed by atoms with Gasteiger partial charge >= 0.3 is 0 Å². The number of para-hydroxylation sites is 1. The molecule has 2 heterocycles. The summed E-state index contributed by atoms with van der Waals surface area (Å²) in [5.41, 5.74) is 1.86. The van der Waals surface area contributed by atoms with Crippen LogP contribution in [-0.2, 0) is 19.6 Å². The molecule has 0 atom stereocenters. The van der Waals surface area contributed by atoms with Gasteiger partial charge in [0.05, 0.1) is 6.54 Å². The van der Waals surface area contributed by atoms with Gasteiger partial charge < -0.3 is 14.5 Å². The predicted molar refractivity (Wildman–Crippen MR) is 124 cm³/mol. The minimum atomic E-state index is -0.484. The first-order valence-electron chi connectivity index (χ1n) is 10.2. The Morgan fingerprint density at radius 3 is 2.76 bits per heavy atom. The van der Waals surface area contributed by atoms with Crippen LogP contribution in [0, 0.1) is 5.82 Å². The molecule has 6 nitrogen and oxygen atoms in total. The molecule has 168 valence electrons. The Labute approximate surface area is 195 Å². The molecule has 8 heteroatoms. The van der Waals surface area contributed by atoms with E-state index in [-0.39, 0.29) is 29.0 Å². The highest BCUT2D eigenvalue weighted by Gasteiger charge is 2.16. The fourth-order valence-electron chi connectivity index (χ4n) is 3.20. The first-order valence-corrected chi connectivity index (χ1v) is 10.6. The van der Waals surface area contributed by atoms with Gasteiger partial charge in [-0.3, -0.25) is 9.48 Å². The van der Waals surface area contributed by atoms with E-state index in [0.717, 1.165) is 16.9 Å². The van der Waals surface area contributed by atoms with E-state index in [4.69, 9.17) is 20.8 Å². The Hall–Kier alpha value is -3.84. The number of nitrogens with zero attached hydrogens (tertiary/aromatic N) is 2. The third-order valence-corrected chi connectivity index (χ3v) is 5.08. The van der Waals surface area contributed by atoms with E-state index in [1.807, 2.05) is 30.3 Å². The summed E-state index contributed by atoms with van der Waals surface area (Å²) in [6.45, 7) is 4.31. The SMILES string of the molecule is C=CCc1ccccc1OCc1ccc(C(=O)Nc2nn(Cc3ccc(F)cc3)cc2Cl)o1. The first-order chi connectivity index (χ1) is 16.0. The van der Waals surface area contributed by atoms with Crippen LogP contribution in [0.25, 0.3) is 0 Å². The Balaban J connectivity index is 1.37. The number of hydrogen-bond acceptors (Lipinski definition) is 4. The van der Waals surface area contributed by atoms with Crippen LogP contribution in [0.2, 0.25) is 5.02 Å². The second-order valence-corrected chi connectivity index (χ2v) is 7.67. The molecule has 0 unspecified atom stereocenters. The summed E-state index contributed by atoms with van der Waals surface area (Å²) in [5.74, 6) is 0.754. The summed E-state index contributed by atoms with van der Waals surface area (Å²) < 4.78 is 26.1. The third-order valence-electron chi connectivity index (χ3n) is 4.80. The smallest absolute Gasteiger partial charge is 0.292 e. The van der Waals surface area contributed by atoms with Gasteiger partial charge in [-0.25, -0.2) is 4.39 Å². The molecule has 0 aliphatic heterocycles. The lowest BCUT2D eigenvalue weighted by atomic mass is 10.1. The number of nitrogens with one attached hydrogen (secondary N) is 1. The van der Waals surface area contributed by atoms with Gasteiger partial charge in [-0.15, -0.1) is 6.58 Å². The quantitative estimate of drug-likeness (QED) is 0.313. The number of amides is 1. The number of halogens is 2. The van der Waals surface area contributed by atoms with Crippen molar-refractivity contribution in [2.45, 2.75) is 19.6 Å². The standard InChI is InChI=1S/C25H21ClFN3O3/c1-2-5-18-6-3-4-7-22(18)32-16-20-12-13-23(33-20)25(31)28-24-21(26)15-30(29-24)14-17-8-10-19(27)11-9-17/h2-4,6-13,15H,1,5,14,16H2,(H,28,29,31). The largest absolute Gasteiger partial charge is 0.485 e. The molecule has 1 N–H and O–H groups in total. The van der Waals surface area contributed by atoms with E-state index in [2.05, 4.69) is 17.0 Å². The van der Waals surface area contributed by atoms with Crippen molar-refractivity contribution in [2.75, 3.05) is 5.32 Å². The van der Waals surface area contributed by atoms with Crippen molar-refractivity contribution in [3.05, 3.63) is 113 Å². The van der Waals surface area contributed by atoms with Crippen molar-refractivity contribution in [1.29, 1.82) is 0 Å². The van der Waals surface area contributed by atoms with E-state index < -0.39 is 5.91 Å². The van der Waals surface area contributed by atoms with Crippen LogP contribution in [0.1, 0.15) is 27.4 Å². The Kier molecular flexibility index (Phi) is 6.90. The molecule has 0 aliphatic carbocycles. The zero-order chi connectivity index (χ0) is 23.2. The molecule has 2 aromatic carbocycles. The summed E-state index contributed by atoms with van der Waals surface area (Å²) >= 11 is 6.22. The van der Waals surface area contributed by atoms with Crippen LogP contribution in [0.3, 0.4) is 0 Å². The van der Waals surface area contributed by atoms with Crippen molar-refractivity contribution in [3.63, 3.8) is 0 Å². The van der Waals surface area contributed by atoms with E-state index >= 15 is 0 Å². The van der Waals surface area contributed by atoms with Crippen molar-refractivity contribution in [1.82, 2.24) is 9.78 Å². The number of carbonyl (C=O) groups is 1. The summed E-state index contributed by atoms with van der Waals surface area (Å²) in [5, 5.41) is 7.21. The van der Waals surface area contributed by atoms with E-state index in [1.54, 1.807) is 35.1 Å². The van der Waals surface area contributed by atoms with Gasteiger partial charge in [-0.05, 0) is 47.9 Å². The van der Waals surface area contributed by atoms with E-state index in [9.17, 15) is 9.18 Å². The average Bonchev–Trinajstić information content (AvgIpc) is 3.42. The highest BCUT2D eigenvalue weighted by atomic mass is 35.5. The van der Waals surface area contributed by atoms with Crippen LogP contribution in [0.4, 0.5) is 10.2 Å². The van der Waals surface area contributed by atoms with Gasteiger partial charge in [0.1, 0.15) is 29.0 Å². The molecule has 0 aliphatic rings. The number of hydrogen-bond donors (Lipinski definition) is 1. The number of furan rings is 1. The monoisotopic (exact) mass is 465 g/mol. The molecular weight excluding hydrogens is 445 g/mol. The van der Waals surface area contributed by atoms with Gasteiger partial charge in [0.25, 0.3) is 5.91 Å². The third kappa shape index (κ3) is 5.70. The van der Waals surface area contributed by atoms with Crippen LogP contribution in [-0.4, -0.2) is 15.7 Å². The number of ether oxygens (including phenoxy) is 1. The van der Waals surface area contributed by atoms with E-state index in [0.29, 0.717) is 18.7 Å². The molecule has 0 spiro atoms. The second kappa shape index (κ2) is 10.2. The van der Waals surface area contributed by atoms with Crippen LogP contribution >= 0.6 is 11.6 Å². The summed E-state index contributed by atoms with van der Waals surface area (Å²) in [4.78, 5) is 12.6. The number of carbonyl (C=O) groups excluding carboxylic acids is 1. The summed E-state index contributed by atoms with van der Waals surface area (Å²) in [6.07, 6.45) is 4.09. The highest BCUT2D eigenvalue weighted by molar-refractivity contribution is 6.33. The topological polar surface area (TPSA) is 69.3 Å². The van der Waals surface area contributed by atoms with Gasteiger partial charge in [-0.2, -0.15) is 5.10 Å². The lowest BCUT2D eigenvalue weighted by molar-refractivity contribution is 0.0992. The Morgan fingerprint density at radius 2 is 1.97 bits per heavy atom. The van der Waals surface area contributed by atoms with Gasteiger partial charge in [0.2, 0.25) is 0 Å². The summed E-state index contributed by atoms with van der Waals surface area (Å²) in [7, 11) is 0. The first kappa shape index (κ1) is 22.4. The average molecular weight is 466 g/mol. The molecule has 4 rings (SSSR count). The van der Waals surface area contributed by atoms with E-state index in [1.165, 1.54) is 12.1 Å². The maximum Gasteiger partial charge on any atom is 0.292 e. The molecule has 1 amide bonds. The lowest BCUT2D eigenvalue weighted by Crippen LogP contribution is -2.12. The molecule has 0 saturated heterocycles. The molecule has 2 aromatic heterocycles. The Bertz CT molecular complexity index is 1260. The zero-order valence-corrected chi connectivity index (χ0v) is 18.4. The normalized spacial score (nSPS) is 10.7. The van der Waals surface area contributed by atoms with Gasteiger partial charge in [0, 0.05) is 6.20 Å². The maximum atomic E-state index is 13.1. The minimum Gasteiger partial charge on any atom is -0.485 e. The second-order valence-electron chi connectivity index (χ2n) is 7.26. The van der Waals surface area contributed by atoms with Crippen LogP contribution in [0.15, 0.2) is 83.9 Å². The highest BCUT2D eigenvalue weighted by Crippen LogP contribution is 2.23. The fourth-order valence-corrected chi connectivity index (χ4v) is 3.40. The Morgan fingerprint density at radius 1 is 1.18 bits per heavy atom. The predicted octanol–water partition coefficient (Wildman–Crippen LogP) is 5.88. The number of allylic oxidation sites excluding steroid dienone is 1. The van der Waals surface area contributed by atoms with Crippen LogP contribution < -0.4 is 10.1 Å². The molecule has 0 saturated carbocycles. The van der Waals surface area contributed by atoms with Crippen molar-refractivity contribution >= 4 is 23.3 Å². The van der Waals surface area contributed by atoms with Crippen molar-refractivity contribution in [3.8, 4) is 5.75 Å². The molecule has 0 radical (unpaired) electrons. The zero-order valence-electron chi connectivity index (χ0n) is 17.6. The molecule has 4 aromatic rings. The summed E-state index contributed by atoms with van der Waals surface area (Å²) in [6, 6.07) is 17.0. The number of aromatic nitrogens is 2. The van der Waals surface area contributed by atoms with Crippen molar-refractivity contribution in [2.24, 2.45) is 0 Å². The van der Waals surface area contributed by atoms with Crippen molar-refractivity contribution < 1.29 is 18.3 Å².